The van der Waals surface area contributed by atoms with E-state index in [1.54, 1.807) is 6.08 Å². The summed E-state index contributed by atoms with van der Waals surface area (Å²) in [6.07, 6.45) is 50.1. The summed E-state index contributed by atoms with van der Waals surface area (Å²) in [6.45, 7) is 3.80. The van der Waals surface area contributed by atoms with Gasteiger partial charge in [-0.1, -0.05) is 270 Å². The molecule has 0 aliphatic carbocycles. The molecular formula is C56H109NO8. The lowest BCUT2D eigenvalue weighted by molar-refractivity contribution is -0.302. The summed E-state index contributed by atoms with van der Waals surface area (Å²) in [6, 6.07) is -0.799. The molecule has 7 atom stereocenters. The Morgan fingerprint density at radius 3 is 1.20 bits per heavy atom. The van der Waals surface area contributed by atoms with Gasteiger partial charge in [0.2, 0.25) is 5.91 Å². The monoisotopic (exact) mass is 924 g/mol. The highest BCUT2D eigenvalue weighted by Gasteiger charge is 2.44. The highest BCUT2D eigenvalue weighted by molar-refractivity contribution is 5.76. The van der Waals surface area contributed by atoms with Crippen LogP contribution in [0.5, 0.6) is 0 Å². The molecule has 1 amide bonds. The fourth-order valence-corrected chi connectivity index (χ4v) is 9.34. The molecule has 1 aliphatic heterocycles. The van der Waals surface area contributed by atoms with Crippen molar-refractivity contribution in [3.63, 3.8) is 0 Å². The van der Waals surface area contributed by atoms with Crippen molar-refractivity contribution in [2.45, 2.75) is 326 Å². The Balaban J connectivity index is 2.11. The fourth-order valence-electron chi connectivity index (χ4n) is 9.34. The highest BCUT2D eigenvalue weighted by atomic mass is 16.7. The largest absolute Gasteiger partial charge is 0.394 e. The van der Waals surface area contributed by atoms with Crippen LogP contribution in [-0.4, -0.2) is 87.5 Å². The molecule has 0 saturated carbocycles. The molecule has 1 fully saturated rings. The lowest BCUT2D eigenvalue weighted by atomic mass is 9.99. The predicted molar refractivity (Wildman–Crippen MR) is 272 cm³/mol. The quantitative estimate of drug-likeness (QED) is 0.0261. The second-order valence-corrected chi connectivity index (χ2v) is 20.1. The summed E-state index contributed by atoms with van der Waals surface area (Å²) >= 11 is 0. The van der Waals surface area contributed by atoms with Crippen LogP contribution >= 0.6 is 0 Å². The van der Waals surface area contributed by atoms with E-state index in [1.165, 1.54) is 225 Å². The number of amides is 1. The molecule has 0 aromatic heterocycles. The maximum absolute atomic E-state index is 13.0. The molecular weight excluding hydrogens is 815 g/mol. The van der Waals surface area contributed by atoms with Gasteiger partial charge in [0, 0.05) is 6.42 Å². The van der Waals surface area contributed by atoms with Gasteiger partial charge in [-0.15, -0.1) is 0 Å². The SMILES string of the molecule is CCCCCCCCCCCC/C=C/[C@@H](O)[C@H](CO[C@@H]1O[C@H](CO)[C@@H](O)C(O)C1O)NC(=O)CCCCCCCCCCCCCCCCCCCCCCCCCCCCCCCC. The van der Waals surface area contributed by atoms with Crippen molar-refractivity contribution >= 4 is 5.91 Å². The summed E-state index contributed by atoms with van der Waals surface area (Å²) in [4.78, 5) is 13.0. The van der Waals surface area contributed by atoms with E-state index in [4.69, 9.17) is 9.47 Å². The average Bonchev–Trinajstić information content (AvgIpc) is 3.31. The van der Waals surface area contributed by atoms with E-state index in [9.17, 15) is 30.3 Å². The summed E-state index contributed by atoms with van der Waals surface area (Å²) < 4.78 is 11.2. The van der Waals surface area contributed by atoms with Crippen molar-refractivity contribution in [2.75, 3.05) is 13.2 Å². The Labute approximate surface area is 401 Å². The van der Waals surface area contributed by atoms with Crippen molar-refractivity contribution in [3.8, 4) is 0 Å². The molecule has 1 heterocycles. The number of unbranched alkanes of at least 4 members (excludes halogenated alkanes) is 39. The normalized spacial score (nSPS) is 19.9. The van der Waals surface area contributed by atoms with Crippen LogP contribution in [0.1, 0.15) is 284 Å². The van der Waals surface area contributed by atoms with Crippen molar-refractivity contribution in [1.29, 1.82) is 0 Å². The number of carbonyl (C=O) groups excluding carboxylic acids is 1. The number of carbonyl (C=O) groups is 1. The van der Waals surface area contributed by atoms with Crippen LogP contribution in [-0.2, 0) is 14.3 Å². The molecule has 1 saturated heterocycles. The minimum atomic E-state index is -1.56. The number of allylic oxidation sites excluding steroid dienone is 1. The van der Waals surface area contributed by atoms with E-state index in [1.807, 2.05) is 6.08 Å². The molecule has 6 N–H and O–H groups in total. The van der Waals surface area contributed by atoms with E-state index < -0.39 is 49.5 Å². The van der Waals surface area contributed by atoms with Gasteiger partial charge in [-0.3, -0.25) is 4.79 Å². The van der Waals surface area contributed by atoms with E-state index in [0.29, 0.717) is 6.42 Å². The van der Waals surface area contributed by atoms with Crippen molar-refractivity contribution in [3.05, 3.63) is 12.2 Å². The van der Waals surface area contributed by atoms with E-state index >= 15 is 0 Å². The Morgan fingerprint density at radius 2 is 0.846 bits per heavy atom. The number of aliphatic hydroxyl groups excluding tert-OH is 5. The average molecular weight is 924 g/mol. The van der Waals surface area contributed by atoms with Gasteiger partial charge in [-0.05, 0) is 19.3 Å². The molecule has 65 heavy (non-hydrogen) atoms. The van der Waals surface area contributed by atoms with Crippen LogP contribution in [0.3, 0.4) is 0 Å². The van der Waals surface area contributed by atoms with Crippen LogP contribution in [0.4, 0.5) is 0 Å². The topological polar surface area (TPSA) is 149 Å². The van der Waals surface area contributed by atoms with Crippen LogP contribution in [0, 0.1) is 0 Å². The third kappa shape index (κ3) is 36.6. The fraction of sp³-hybridized carbons (Fsp3) is 0.946. The first-order valence-electron chi connectivity index (χ1n) is 28.4. The van der Waals surface area contributed by atoms with E-state index in [0.717, 1.165) is 38.5 Å². The van der Waals surface area contributed by atoms with E-state index in [2.05, 4.69) is 19.2 Å². The Morgan fingerprint density at radius 1 is 0.508 bits per heavy atom. The number of hydrogen-bond donors (Lipinski definition) is 6. The maximum atomic E-state index is 13.0. The maximum Gasteiger partial charge on any atom is 0.220 e. The molecule has 0 aromatic carbocycles. The van der Waals surface area contributed by atoms with Gasteiger partial charge < -0.3 is 40.3 Å². The second kappa shape index (κ2) is 46.6. The predicted octanol–water partition coefficient (Wildman–Crippen LogP) is 13.6. The molecule has 0 radical (unpaired) electrons. The third-order valence-corrected chi connectivity index (χ3v) is 13.9. The summed E-state index contributed by atoms with van der Waals surface area (Å²) in [7, 11) is 0. The van der Waals surface area contributed by atoms with Gasteiger partial charge in [-0.25, -0.2) is 0 Å². The minimum absolute atomic E-state index is 0.172. The van der Waals surface area contributed by atoms with Crippen LogP contribution < -0.4 is 5.32 Å². The van der Waals surface area contributed by atoms with Crippen molar-refractivity contribution in [2.24, 2.45) is 0 Å². The first kappa shape index (κ1) is 61.9. The second-order valence-electron chi connectivity index (χ2n) is 20.1. The van der Waals surface area contributed by atoms with Gasteiger partial charge in [0.05, 0.1) is 25.4 Å². The van der Waals surface area contributed by atoms with Gasteiger partial charge >= 0.3 is 0 Å². The molecule has 0 aromatic rings. The lowest BCUT2D eigenvalue weighted by Gasteiger charge is -2.40. The smallest absolute Gasteiger partial charge is 0.220 e. The van der Waals surface area contributed by atoms with Crippen molar-refractivity contribution in [1.82, 2.24) is 5.32 Å². The molecule has 2 unspecified atom stereocenters. The zero-order valence-corrected chi connectivity index (χ0v) is 42.8. The number of ether oxygens (including phenoxy) is 2. The molecule has 0 bridgehead atoms. The Kier molecular flexibility index (Phi) is 44.5. The highest BCUT2D eigenvalue weighted by Crippen LogP contribution is 2.23. The summed E-state index contributed by atoms with van der Waals surface area (Å²) in [5, 5.41) is 54.3. The van der Waals surface area contributed by atoms with Gasteiger partial charge in [0.25, 0.3) is 0 Å². The van der Waals surface area contributed by atoms with Crippen LogP contribution in [0.2, 0.25) is 0 Å². The molecule has 9 heteroatoms. The number of aliphatic hydroxyl groups is 5. The Bertz CT molecular complexity index is 1030. The molecule has 1 rings (SSSR count). The summed E-state index contributed by atoms with van der Waals surface area (Å²) in [5.74, 6) is -0.172. The third-order valence-electron chi connectivity index (χ3n) is 13.9. The number of hydrogen-bond acceptors (Lipinski definition) is 8. The molecule has 386 valence electrons. The Hall–Kier alpha value is -1.07. The zero-order valence-electron chi connectivity index (χ0n) is 42.8. The number of nitrogens with one attached hydrogen (secondary N) is 1. The lowest BCUT2D eigenvalue weighted by Crippen LogP contribution is -2.60. The first-order valence-corrected chi connectivity index (χ1v) is 28.4. The molecule has 1 aliphatic rings. The zero-order chi connectivity index (χ0) is 47.3. The van der Waals surface area contributed by atoms with Gasteiger partial charge in [0.15, 0.2) is 6.29 Å². The van der Waals surface area contributed by atoms with Crippen LogP contribution in [0.15, 0.2) is 12.2 Å². The standard InChI is InChI=1S/C56H109NO8/c1-3-5-7-9-11-13-15-17-18-19-20-21-22-23-24-25-26-27-28-29-30-31-32-33-34-36-38-40-42-44-46-52(60)57-49(48-64-56-55(63)54(62)53(61)51(47-58)65-56)50(59)45-43-41-39-37-35-16-14-12-10-8-6-4-2/h43,45,49-51,53-56,58-59,61-63H,3-42,44,46-48H2,1-2H3,(H,57,60)/b45-43+/t49-,50+,51+,53+,54?,55?,56+/m0/s1. The van der Waals surface area contributed by atoms with E-state index in [-0.39, 0.29) is 12.5 Å². The van der Waals surface area contributed by atoms with Gasteiger partial charge in [0.1, 0.15) is 24.4 Å². The first-order chi connectivity index (χ1) is 31.8. The molecule has 0 spiro atoms. The minimum Gasteiger partial charge on any atom is -0.394 e. The van der Waals surface area contributed by atoms with Gasteiger partial charge in [-0.2, -0.15) is 0 Å². The van der Waals surface area contributed by atoms with Crippen LogP contribution in [0.25, 0.3) is 0 Å². The summed E-state index contributed by atoms with van der Waals surface area (Å²) in [5.41, 5.74) is 0. The number of rotatable bonds is 49. The molecule has 9 nitrogen and oxygen atoms in total. The van der Waals surface area contributed by atoms with Crippen molar-refractivity contribution < 1.29 is 39.8 Å².